The van der Waals surface area contributed by atoms with Gasteiger partial charge >= 0.3 is 7.60 Å². The highest BCUT2D eigenvalue weighted by Crippen LogP contribution is 2.56. The van der Waals surface area contributed by atoms with Crippen LogP contribution in [0, 0.1) is 10.1 Å². The molecule has 1 N–H and O–H groups in total. The van der Waals surface area contributed by atoms with E-state index in [4.69, 9.17) is 13.8 Å². The first kappa shape index (κ1) is 15.6. The van der Waals surface area contributed by atoms with E-state index in [9.17, 15) is 14.7 Å². The predicted octanol–water partition coefficient (Wildman–Crippen LogP) is 1.30. The Labute approximate surface area is 110 Å². The van der Waals surface area contributed by atoms with E-state index in [-0.39, 0.29) is 19.2 Å². The van der Waals surface area contributed by atoms with Gasteiger partial charge in [-0.1, -0.05) is 0 Å². The molecule has 9 nitrogen and oxygen atoms in total. The van der Waals surface area contributed by atoms with E-state index in [2.05, 4.69) is 10.3 Å². The zero-order valence-corrected chi connectivity index (χ0v) is 11.8. The molecule has 0 spiro atoms. The summed E-state index contributed by atoms with van der Waals surface area (Å²) in [5, 5.41) is 13.4. The Kier molecular flexibility index (Phi) is 5.46. The number of aliphatic imine (C=N–C) groups is 1. The first-order chi connectivity index (χ1) is 8.98. The summed E-state index contributed by atoms with van der Waals surface area (Å²) in [7, 11) is -2.44. The predicted molar refractivity (Wildman–Crippen MR) is 67.3 cm³/mol. The topological polar surface area (TPSA) is 112 Å². The van der Waals surface area contributed by atoms with Crippen molar-refractivity contribution in [3.05, 3.63) is 22.0 Å². The smallest absolute Gasteiger partial charge is 0.366 e. The molecule has 19 heavy (non-hydrogen) atoms. The van der Waals surface area contributed by atoms with Crippen LogP contribution in [-0.4, -0.2) is 37.1 Å². The molecule has 0 bridgehead atoms. The lowest BCUT2D eigenvalue weighted by atomic mass is 10.4. The van der Waals surface area contributed by atoms with Gasteiger partial charge in [0.2, 0.25) is 5.78 Å². The molecule has 0 aromatic heterocycles. The van der Waals surface area contributed by atoms with Gasteiger partial charge in [0.25, 0.3) is 11.7 Å². The summed E-state index contributed by atoms with van der Waals surface area (Å²) in [6.07, 6.45) is 1.07. The van der Waals surface area contributed by atoms with Crippen molar-refractivity contribution in [3.8, 4) is 0 Å². The van der Waals surface area contributed by atoms with E-state index in [1.165, 1.54) is 7.11 Å². The summed E-state index contributed by atoms with van der Waals surface area (Å²) in [5.41, 5.74) is -0.397. The lowest BCUT2D eigenvalue weighted by Gasteiger charge is -2.24. The summed E-state index contributed by atoms with van der Waals surface area (Å²) in [5.74, 6) is -1.35. The van der Waals surface area contributed by atoms with Gasteiger partial charge in [-0.05, 0) is 13.8 Å². The molecule has 1 heterocycles. The second kappa shape index (κ2) is 6.65. The Morgan fingerprint density at radius 3 is 2.47 bits per heavy atom. The van der Waals surface area contributed by atoms with Crippen molar-refractivity contribution < 1.29 is 23.3 Å². The Morgan fingerprint density at radius 2 is 2.05 bits per heavy atom. The average Bonchev–Trinajstić information content (AvgIpc) is 2.38. The molecule has 0 radical (unpaired) electrons. The van der Waals surface area contributed by atoms with Crippen molar-refractivity contribution in [1.82, 2.24) is 5.32 Å². The Morgan fingerprint density at radius 1 is 1.47 bits per heavy atom. The monoisotopic (exact) mass is 293 g/mol. The van der Waals surface area contributed by atoms with Crippen LogP contribution in [0.25, 0.3) is 0 Å². The molecule has 0 saturated heterocycles. The highest BCUT2D eigenvalue weighted by atomic mass is 31.2. The maximum Gasteiger partial charge on any atom is 0.366 e. The normalized spacial score (nSPS) is 19.2. The van der Waals surface area contributed by atoms with Gasteiger partial charge in [-0.15, -0.1) is 0 Å². The van der Waals surface area contributed by atoms with Gasteiger partial charge in [-0.2, -0.15) is 0 Å². The van der Waals surface area contributed by atoms with Crippen LogP contribution in [0.2, 0.25) is 0 Å². The van der Waals surface area contributed by atoms with Crippen LogP contribution in [0.5, 0.6) is 0 Å². The fourth-order valence-electron chi connectivity index (χ4n) is 1.45. The van der Waals surface area contributed by atoms with Crippen LogP contribution in [0.1, 0.15) is 13.8 Å². The lowest BCUT2D eigenvalue weighted by molar-refractivity contribution is -0.428. The summed E-state index contributed by atoms with van der Waals surface area (Å²) < 4.78 is 27.6. The Bertz CT molecular complexity index is 439. The van der Waals surface area contributed by atoms with Crippen molar-refractivity contribution in [2.45, 2.75) is 19.6 Å². The molecule has 0 saturated carbocycles. The summed E-state index contributed by atoms with van der Waals surface area (Å²) >= 11 is 0. The molecule has 10 heteroatoms. The Hall–Kier alpha value is -1.44. The summed E-state index contributed by atoms with van der Waals surface area (Å²) in [6, 6.07) is 0.00947. The molecule has 1 rings (SSSR count). The fraction of sp³-hybridized carbons (Fsp3) is 0.667. The van der Waals surface area contributed by atoms with E-state index in [0.717, 1.165) is 6.20 Å². The largest absolute Gasteiger partial charge is 0.468 e. The lowest BCUT2D eigenvalue weighted by Crippen LogP contribution is -2.32. The van der Waals surface area contributed by atoms with E-state index in [1.54, 1.807) is 13.8 Å². The van der Waals surface area contributed by atoms with E-state index in [0.29, 0.717) is 0 Å². The van der Waals surface area contributed by atoms with Gasteiger partial charge in [-0.25, -0.2) is 4.99 Å². The zero-order chi connectivity index (χ0) is 14.5. The maximum absolute atomic E-state index is 12.6. The van der Waals surface area contributed by atoms with Crippen molar-refractivity contribution in [3.63, 3.8) is 0 Å². The van der Waals surface area contributed by atoms with Gasteiger partial charge in [-0.3, -0.25) is 14.7 Å². The number of methoxy groups -OCH3 is 1. The number of amidine groups is 1. The minimum absolute atomic E-state index is 0.00947. The molecular formula is C9H16N3O6P. The van der Waals surface area contributed by atoms with Crippen molar-refractivity contribution in [2.75, 3.05) is 20.3 Å². The molecular weight excluding hydrogens is 277 g/mol. The number of hydrogen-bond acceptors (Lipinski definition) is 8. The summed E-state index contributed by atoms with van der Waals surface area (Å²) in [6.45, 7) is 3.40. The molecule has 1 aliphatic rings. The third-order valence-corrected chi connectivity index (χ3v) is 4.38. The molecule has 0 aromatic rings. The number of nitrogens with zero attached hydrogens (tertiary/aromatic N) is 2. The van der Waals surface area contributed by atoms with Crippen LogP contribution in [0.15, 0.2) is 16.9 Å². The number of nitro groups is 1. The number of nitrogens with one attached hydrogen (secondary N) is 1. The first-order valence-corrected chi connectivity index (χ1v) is 7.21. The molecule has 0 amide bonds. The van der Waals surface area contributed by atoms with Crippen molar-refractivity contribution in [2.24, 2.45) is 4.99 Å². The highest BCUT2D eigenvalue weighted by Gasteiger charge is 2.46. The minimum atomic E-state index is -3.77. The maximum atomic E-state index is 12.6. The molecule has 0 aromatic carbocycles. The van der Waals surface area contributed by atoms with E-state index < -0.39 is 24.0 Å². The minimum Gasteiger partial charge on any atom is -0.468 e. The van der Waals surface area contributed by atoms with Gasteiger partial charge in [0.05, 0.1) is 31.4 Å². The van der Waals surface area contributed by atoms with Gasteiger partial charge < -0.3 is 19.1 Å². The summed E-state index contributed by atoms with van der Waals surface area (Å²) in [4.78, 5) is 14.2. The molecule has 108 valence electrons. The number of ether oxygens (including phenoxy) is 1. The van der Waals surface area contributed by atoms with Gasteiger partial charge in [0.15, 0.2) is 0 Å². The third kappa shape index (κ3) is 3.52. The van der Waals surface area contributed by atoms with Crippen LogP contribution in [0.4, 0.5) is 0 Å². The molecule has 0 aliphatic carbocycles. The van der Waals surface area contributed by atoms with Crippen LogP contribution >= 0.6 is 7.60 Å². The Balaban J connectivity index is 3.17. The van der Waals surface area contributed by atoms with E-state index >= 15 is 0 Å². The van der Waals surface area contributed by atoms with Gasteiger partial charge in [0, 0.05) is 0 Å². The molecule has 1 unspecified atom stereocenters. The molecule has 0 fully saturated rings. The second-order valence-corrected chi connectivity index (χ2v) is 5.44. The quantitative estimate of drug-likeness (QED) is 0.446. The standard InChI is InChI=1S/C9H16N3O6P/c1-4-17-19(15,18-5-2)8-7(12(13)14)6-10-9(11-8)16-3/h6,8H,4-5H2,1-3H3,(H,10,11). The fourth-order valence-corrected chi connectivity index (χ4v) is 3.27. The van der Waals surface area contributed by atoms with Crippen LogP contribution < -0.4 is 5.32 Å². The third-order valence-electron chi connectivity index (χ3n) is 2.17. The van der Waals surface area contributed by atoms with Crippen molar-refractivity contribution in [1.29, 1.82) is 0 Å². The average molecular weight is 293 g/mol. The first-order valence-electron chi connectivity index (χ1n) is 5.60. The number of rotatable bonds is 6. The number of hydrogen-bond donors (Lipinski definition) is 1. The van der Waals surface area contributed by atoms with Crippen LogP contribution in [0.3, 0.4) is 0 Å². The SMILES string of the molecule is CCOP(=O)(OCC)C1N=C(OC)NC=C1[N+](=O)[O-]. The van der Waals surface area contributed by atoms with Crippen molar-refractivity contribution >= 4 is 13.6 Å². The molecule has 1 aliphatic heterocycles. The zero-order valence-electron chi connectivity index (χ0n) is 10.9. The van der Waals surface area contributed by atoms with Crippen LogP contribution in [-0.2, 0) is 18.3 Å². The van der Waals surface area contributed by atoms with E-state index in [1.807, 2.05) is 0 Å². The highest BCUT2D eigenvalue weighted by molar-refractivity contribution is 7.54. The van der Waals surface area contributed by atoms with Gasteiger partial charge in [0.1, 0.15) is 0 Å². The molecule has 1 atom stereocenters. The second-order valence-electron chi connectivity index (χ2n) is 3.36.